The molecule has 184 valence electrons. The number of carbonyl (C=O) groups excluding carboxylic acids is 1. The quantitative estimate of drug-likeness (QED) is 0.400. The Morgan fingerprint density at radius 1 is 1.29 bits per heavy atom. The number of rotatable bonds is 7. The SMILES string of the molecule is CCCN1c2cc(OC)c(/C=N/NC(=O)Cc3cccc(C(F)(F)F)c3)cc2C(C)CC1(C)C. The van der Waals surface area contributed by atoms with Crippen LogP contribution in [0.2, 0.25) is 0 Å². The first-order chi connectivity index (χ1) is 16.0. The lowest BCUT2D eigenvalue weighted by atomic mass is 9.79. The molecule has 0 saturated carbocycles. The van der Waals surface area contributed by atoms with Gasteiger partial charge >= 0.3 is 6.18 Å². The lowest BCUT2D eigenvalue weighted by Crippen LogP contribution is -2.48. The summed E-state index contributed by atoms with van der Waals surface area (Å²) in [6.45, 7) is 9.81. The molecule has 3 rings (SSSR count). The highest BCUT2D eigenvalue weighted by Gasteiger charge is 2.36. The largest absolute Gasteiger partial charge is 0.496 e. The number of nitrogens with one attached hydrogen (secondary N) is 1. The predicted molar refractivity (Wildman–Crippen MR) is 129 cm³/mol. The Bertz CT molecular complexity index is 1060. The van der Waals surface area contributed by atoms with Gasteiger partial charge in [0.05, 0.1) is 25.3 Å². The van der Waals surface area contributed by atoms with E-state index in [0.29, 0.717) is 11.7 Å². The topological polar surface area (TPSA) is 53.9 Å². The van der Waals surface area contributed by atoms with E-state index in [2.05, 4.69) is 43.1 Å². The summed E-state index contributed by atoms with van der Waals surface area (Å²) in [5, 5.41) is 4.04. The van der Waals surface area contributed by atoms with Crippen molar-refractivity contribution in [1.29, 1.82) is 0 Å². The highest BCUT2D eigenvalue weighted by Crippen LogP contribution is 2.45. The molecule has 1 N–H and O–H groups in total. The van der Waals surface area contributed by atoms with Gasteiger partial charge < -0.3 is 9.64 Å². The number of fused-ring (bicyclic) bond motifs is 1. The van der Waals surface area contributed by atoms with Gasteiger partial charge in [0.25, 0.3) is 0 Å². The standard InChI is InChI=1S/C26H32F3N3O2/c1-6-10-32-22-14-23(34-5)19(13-21(22)17(2)15-25(32,3)4)16-30-31-24(33)12-18-8-7-9-20(11-18)26(27,28)29/h7-9,11,13-14,16-17H,6,10,12,15H2,1-5H3,(H,31,33)/b30-16+. The first-order valence-corrected chi connectivity index (χ1v) is 11.4. The lowest BCUT2D eigenvalue weighted by molar-refractivity contribution is -0.137. The van der Waals surface area contributed by atoms with Crippen molar-refractivity contribution < 1.29 is 22.7 Å². The van der Waals surface area contributed by atoms with Gasteiger partial charge in [-0.3, -0.25) is 4.79 Å². The molecule has 8 heteroatoms. The van der Waals surface area contributed by atoms with Crippen LogP contribution < -0.4 is 15.1 Å². The Labute approximate surface area is 199 Å². The van der Waals surface area contributed by atoms with Gasteiger partial charge in [-0.05, 0) is 55.9 Å². The van der Waals surface area contributed by atoms with E-state index >= 15 is 0 Å². The third-order valence-corrected chi connectivity index (χ3v) is 6.20. The minimum absolute atomic E-state index is 0.0282. The number of alkyl halides is 3. The van der Waals surface area contributed by atoms with Gasteiger partial charge in [0, 0.05) is 29.4 Å². The highest BCUT2D eigenvalue weighted by atomic mass is 19.4. The summed E-state index contributed by atoms with van der Waals surface area (Å²) >= 11 is 0. The molecule has 5 nitrogen and oxygen atoms in total. The third-order valence-electron chi connectivity index (χ3n) is 6.20. The van der Waals surface area contributed by atoms with Crippen LogP contribution in [0.5, 0.6) is 5.75 Å². The predicted octanol–water partition coefficient (Wildman–Crippen LogP) is 5.91. The Balaban J connectivity index is 1.78. The molecule has 0 bridgehead atoms. The molecule has 2 aromatic carbocycles. The van der Waals surface area contributed by atoms with Crippen molar-refractivity contribution in [1.82, 2.24) is 5.43 Å². The van der Waals surface area contributed by atoms with E-state index in [0.717, 1.165) is 42.8 Å². The van der Waals surface area contributed by atoms with Crippen LogP contribution in [0.4, 0.5) is 18.9 Å². The molecule has 1 aliphatic rings. The molecule has 1 heterocycles. The monoisotopic (exact) mass is 475 g/mol. The Hall–Kier alpha value is -3.03. The molecule has 34 heavy (non-hydrogen) atoms. The summed E-state index contributed by atoms with van der Waals surface area (Å²) in [5.41, 5.74) is 4.99. The van der Waals surface area contributed by atoms with Gasteiger partial charge in [-0.1, -0.05) is 32.0 Å². The normalized spacial score (nSPS) is 17.5. The second-order valence-corrected chi connectivity index (χ2v) is 9.39. The van der Waals surface area contributed by atoms with Crippen LogP contribution in [-0.2, 0) is 17.4 Å². The fraction of sp³-hybridized carbons (Fsp3) is 0.462. The van der Waals surface area contributed by atoms with Crippen molar-refractivity contribution in [2.45, 2.75) is 64.6 Å². The number of anilines is 1. The Morgan fingerprint density at radius 2 is 2.03 bits per heavy atom. The van der Waals surface area contributed by atoms with Crippen LogP contribution in [0.25, 0.3) is 0 Å². The van der Waals surface area contributed by atoms with Crippen LogP contribution in [0.3, 0.4) is 0 Å². The van der Waals surface area contributed by atoms with E-state index in [4.69, 9.17) is 4.74 Å². The van der Waals surface area contributed by atoms with Crippen LogP contribution in [0.15, 0.2) is 41.5 Å². The molecule has 0 fully saturated rings. The zero-order valence-corrected chi connectivity index (χ0v) is 20.3. The molecular weight excluding hydrogens is 443 g/mol. The molecule has 0 spiro atoms. The minimum Gasteiger partial charge on any atom is -0.496 e. The lowest BCUT2D eigenvalue weighted by Gasteiger charge is -2.47. The number of nitrogens with zero attached hydrogens (tertiary/aromatic N) is 2. The zero-order valence-electron chi connectivity index (χ0n) is 20.3. The summed E-state index contributed by atoms with van der Waals surface area (Å²) in [7, 11) is 1.59. The van der Waals surface area contributed by atoms with Crippen molar-refractivity contribution in [3.63, 3.8) is 0 Å². The van der Waals surface area contributed by atoms with Gasteiger partial charge in [0.1, 0.15) is 5.75 Å². The maximum atomic E-state index is 12.9. The minimum atomic E-state index is -4.45. The number of hydrogen-bond donors (Lipinski definition) is 1. The first kappa shape index (κ1) is 25.6. The summed E-state index contributed by atoms with van der Waals surface area (Å²) in [6, 6.07) is 8.78. The summed E-state index contributed by atoms with van der Waals surface area (Å²) in [5.74, 6) is 0.476. The van der Waals surface area contributed by atoms with Crippen LogP contribution in [0.1, 0.15) is 68.7 Å². The number of benzene rings is 2. The van der Waals surface area contributed by atoms with Crippen molar-refractivity contribution in [2.24, 2.45) is 5.10 Å². The molecule has 0 saturated heterocycles. The number of hydrogen-bond acceptors (Lipinski definition) is 4. The van der Waals surface area contributed by atoms with Crippen molar-refractivity contribution in [2.75, 3.05) is 18.6 Å². The number of carbonyl (C=O) groups is 1. The maximum absolute atomic E-state index is 12.9. The second-order valence-electron chi connectivity index (χ2n) is 9.39. The maximum Gasteiger partial charge on any atom is 0.416 e. The van der Waals surface area contributed by atoms with Crippen LogP contribution in [-0.4, -0.2) is 31.3 Å². The Morgan fingerprint density at radius 3 is 2.68 bits per heavy atom. The van der Waals surface area contributed by atoms with Crippen molar-refractivity contribution in [3.05, 3.63) is 58.7 Å². The highest BCUT2D eigenvalue weighted by molar-refractivity contribution is 5.87. The van der Waals surface area contributed by atoms with E-state index in [1.54, 1.807) is 7.11 Å². The average Bonchev–Trinajstić information content (AvgIpc) is 2.75. The van der Waals surface area contributed by atoms with Gasteiger partial charge in [0.15, 0.2) is 0 Å². The van der Waals surface area contributed by atoms with E-state index < -0.39 is 17.6 Å². The summed E-state index contributed by atoms with van der Waals surface area (Å²) < 4.78 is 44.3. The van der Waals surface area contributed by atoms with Gasteiger partial charge in [-0.2, -0.15) is 18.3 Å². The summed E-state index contributed by atoms with van der Waals surface area (Å²) in [4.78, 5) is 14.7. The molecule has 2 aromatic rings. The molecule has 0 aliphatic carbocycles. The molecule has 1 amide bonds. The number of methoxy groups -OCH3 is 1. The van der Waals surface area contributed by atoms with Crippen molar-refractivity contribution >= 4 is 17.8 Å². The number of ether oxygens (including phenoxy) is 1. The van der Waals surface area contributed by atoms with Gasteiger partial charge in [-0.25, -0.2) is 5.43 Å². The molecule has 0 aromatic heterocycles. The molecule has 1 atom stereocenters. The van der Waals surface area contributed by atoms with Crippen molar-refractivity contribution in [3.8, 4) is 5.75 Å². The molecule has 1 unspecified atom stereocenters. The van der Waals surface area contributed by atoms with E-state index in [1.165, 1.54) is 23.9 Å². The van der Waals surface area contributed by atoms with Gasteiger partial charge in [-0.15, -0.1) is 0 Å². The number of halogens is 3. The first-order valence-electron chi connectivity index (χ1n) is 11.4. The fourth-order valence-electron chi connectivity index (χ4n) is 4.71. The fourth-order valence-corrected chi connectivity index (χ4v) is 4.71. The third kappa shape index (κ3) is 5.72. The smallest absolute Gasteiger partial charge is 0.416 e. The van der Waals surface area contributed by atoms with E-state index in [1.807, 2.05) is 12.1 Å². The van der Waals surface area contributed by atoms with Gasteiger partial charge in [0.2, 0.25) is 5.91 Å². The summed E-state index contributed by atoms with van der Waals surface area (Å²) in [6.07, 6.45) is -1.11. The Kier molecular flexibility index (Phi) is 7.58. The van der Waals surface area contributed by atoms with Crippen LogP contribution in [0, 0.1) is 0 Å². The number of amides is 1. The van der Waals surface area contributed by atoms with Crippen LogP contribution >= 0.6 is 0 Å². The zero-order chi connectivity index (χ0) is 25.1. The van der Waals surface area contributed by atoms with E-state index in [-0.39, 0.29) is 17.5 Å². The second kappa shape index (κ2) is 10.1. The number of hydrazone groups is 1. The van der Waals surface area contributed by atoms with E-state index in [9.17, 15) is 18.0 Å². The molecular formula is C26H32F3N3O2. The molecule has 0 radical (unpaired) electrons. The average molecular weight is 476 g/mol. The molecule has 1 aliphatic heterocycles.